The molecule has 0 saturated heterocycles. The van der Waals surface area contributed by atoms with Crippen LogP contribution in [0.1, 0.15) is 11.1 Å². The lowest BCUT2D eigenvalue weighted by Crippen LogP contribution is -2.74. The van der Waals surface area contributed by atoms with Crippen LogP contribution in [-0.4, -0.2) is 77.6 Å². The second kappa shape index (κ2) is 23.4. The van der Waals surface area contributed by atoms with E-state index in [1.54, 1.807) is 0 Å². The van der Waals surface area contributed by atoms with E-state index in [1.165, 1.54) is 86.0 Å². The molecule has 30 rings (SSSR count). The second-order valence-corrected chi connectivity index (χ2v) is 36.3. The van der Waals surface area contributed by atoms with E-state index in [2.05, 4.69) is 374 Å². The molecule has 12 heterocycles. The molecule has 30 aromatic rings. The zero-order chi connectivity index (χ0) is 78.9. The Balaban J connectivity index is 0.0000000968. The van der Waals surface area contributed by atoms with Crippen LogP contribution in [0.15, 0.2) is 346 Å². The van der Waals surface area contributed by atoms with Crippen molar-refractivity contribution in [2.75, 3.05) is 0 Å². The molecule has 0 N–H and O–H groups in total. The summed E-state index contributed by atoms with van der Waals surface area (Å²) in [7, 11) is -2.88. The number of rotatable bonds is 4. The summed E-state index contributed by atoms with van der Waals surface area (Å²) in [6, 6.07) is 127. The molecule has 0 fully saturated rings. The molecule has 0 aliphatic carbocycles. The Morgan fingerprint density at radius 3 is 0.628 bits per heavy atom. The van der Waals surface area contributed by atoms with Crippen molar-refractivity contribution in [2.45, 2.75) is 6.92 Å². The molecule has 0 atom stereocenters. The topological polar surface area (TPSA) is 141 Å². The Labute approximate surface area is 684 Å². The third kappa shape index (κ3) is 8.62. The molecule has 0 unspecified atom stereocenters. The molecule has 0 amide bonds. The average molecular weight is 1560 g/mol. The lowest BCUT2D eigenvalue weighted by atomic mass is 10.1. The highest BCUT2D eigenvalue weighted by molar-refractivity contribution is 7.20. The van der Waals surface area contributed by atoms with Crippen LogP contribution >= 0.6 is 0 Å². The zero-order valence-electron chi connectivity index (χ0n) is 64.6. The summed E-state index contributed by atoms with van der Waals surface area (Å²) >= 11 is 0. The average Bonchev–Trinajstić information content (AvgIpc) is 1.53. The molecule has 17 heteroatoms. The quantitative estimate of drug-likeness (QED) is 0.126. The number of nitriles is 1. The van der Waals surface area contributed by atoms with E-state index >= 15 is 0 Å². The lowest BCUT2D eigenvalue weighted by Gasteiger charge is -2.34. The first kappa shape index (κ1) is 64.7. The molecule has 0 saturated carbocycles. The van der Waals surface area contributed by atoms with Crippen LogP contribution in [0.3, 0.4) is 0 Å². The van der Waals surface area contributed by atoms with Crippen molar-refractivity contribution in [1.29, 1.82) is 5.26 Å². The van der Waals surface area contributed by atoms with E-state index in [1.807, 2.05) is 24.3 Å². The maximum Gasteiger partial charge on any atom is 0.223 e. The predicted octanol–water partition coefficient (Wildman–Crippen LogP) is 20.9. The minimum atomic E-state index is -2.88. The van der Waals surface area contributed by atoms with Crippen molar-refractivity contribution < 1.29 is 0 Å². The Hall–Kier alpha value is -16.6. The van der Waals surface area contributed by atoms with Crippen molar-refractivity contribution in [1.82, 2.24) is 69.5 Å². The summed E-state index contributed by atoms with van der Waals surface area (Å²) in [5.74, 6) is 5.18. The van der Waals surface area contributed by atoms with Crippen molar-refractivity contribution in [3.05, 3.63) is 357 Å². The summed E-state index contributed by atoms with van der Waals surface area (Å²) in [5, 5.41) is 29.5. The van der Waals surface area contributed by atoms with E-state index in [-0.39, 0.29) is 0 Å². The van der Waals surface area contributed by atoms with Gasteiger partial charge in [-0.25, -0.2) is 43.1 Å². The van der Waals surface area contributed by atoms with Crippen molar-refractivity contribution in [3.8, 4) is 6.07 Å². The van der Waals surface area contributed by atoms with Gasteiger partial charge >= 0.3 is 0 Å². The third-order valence-corrected chi connectivity index (χ3v) is 30.6. The maximum absolute atomic E-state index is 9.90. The second-order valence-electron chi connectivity index (χ2n) is 32.5. The molecule has 16 nitrogen and oxygen atoms in total. The fourth-order valence-corrected chi connectivity index (χ4v) is 25.5. The number of imidazole rings is 12. The molecular formula is C104H60N16Si. The van der Waals surface area contributed by atoms with Gasteiger partial charge in [-0.05, 0) is 207 Å². The third-order valence-electron chi connectivity index (χ3n) is 25.9. The van der Waals surface area contributed by atoms with Gasteiger partial charge < -0.3 is 0 Å². The molecule has 0 aliphatic heterocycles. The number of aryl methyl sites for hydroxylation is 1. The predicted molar refractivity (Wildman–Crippen MR) is 494 cm³/mol. The molecule has 12 aromatic heterocycles. The lowest BCUT2D eigenvalue weighted by molar-refractivity contribution is 1.15. The number of aromatic nitrogens is 15. The number of fused-ring (bicyclic) bond motifs is 36. The van der Waals surface area contributed by atoms with E-state index in [9.17, 15) is 5.26 Å². The first-order valence-corrected chi connectivity index (χ1v) is 42.8. The largest absolute Gasteiger partial charge is 0.276 e. The maximum atomic E-state index is 9.90. The molecule has 0 radical (unpaired) electrons. The van der Waals surface area contributed by atoms with Gasteiger partial charge in [0.1, 0.15) is 16.6 Å². The van der Waals surface area contributed by atoms with Gasteiger partial charge in [0, 0.05) is 0 Å². The molecular weight excluding hydrogens is 1500 g/mol. The molecule has 560 valence electrons. The standard InChI is InChI=1S/C46H29N5Si.C29H14N6.C29H17N5/c1-4-18-34(19-5-1)52(35-20-6-2-7-21-35,36-22-8-3-9-23-36)37-28-42-44-43(29-37)50-41-27-33-17-13-11-15-31(33)25-39(41)48-46(50)51(44)45-47-38-24-30-14-10-12-16-32(30)26-40(38)49(42)45;30-15-16-9-25-27-26(10-16)34-24-14-20-8-4-2-6-18(20)12-22(24)32-29(34)35(27)28-31-21-11-17-5-1-3-7-19(17)13-23(21)33(25)28;1-16-10-25-27-26(11-16)33-24-15-20-9-5-3-7-18(20)13-22(24)31-29(33)34(27)28-30-21-12-17-6-2-4-8-19(17)14-23(21)32(25)28/h1-29H;1-14H;2-15H,1H3. The highest BCUT2D eigenvalue weighted by Gasteiger charge is 2.43. The van der Waals surface area contributed by atoms with Crippen LogP contribution in [0.4, 0.5) is 0 Å². The zero-order valence-corrected chi connectivity index (χ0v) is 65.6. The molecule has 121 heavy (non-hydrogen) atoms. The smallest absolute Gasteiger partial charge is 0.223 e. The molecule has 0 aliphatic rings. The molecule has 0 spiro atoms. The van der Waals surface area contributed by atoms with Gasteiger partial charge in [0.05, 0.1) is 111 Å². The highest BCUT2D eigenvalue weighted by Crippen LogP contribution is 2.42. The van der Waals surface area contributed by atoms with Crippen LogP contribution < -0.4 is 20.7 Å². The Kier molecular flexibility index (Phi) is 12.5. The van der Waals surface area contributed by atoms with E-state index in [4.69, 9.17) is 29.9 Å². The van der Waals surface area contributed by atoms with Crippen LogP contribution in [0, 0.1) is 18.3 Å². The van der Waals surface area contributed by atoms with E-state index < -0.39 is 8.07 Å². The summed E-state index contributed by atoms with van der Waals surface area (Å²) in [5.41, 5.74) is 24.0. The van der Waals surface area contributed by atoms with Gasteiger partial charge in [-0.1, -0.05) is 237 Å². The Bertz CT molecular complexity index is 9230. The van der Waals surface area contributed by atoms with Gasteiger partial charge in [0.25, 0.3) is 0 Å². The minimum absolute atomic E-state index is 0.615. The van der Waals surface area contributed by atoms with Gasteiger partial charge in [0.15, 0.2) is 8.07 Å². The van der Waals surface area contributed by atoms with Crippen molar-refractivity contribution in [3.63, 3.8) is 0 Å². The number of hydrogen-bond donors (Lipinski definition) is 0. The SMILES string of the molecule is Cc1cc2c3c(c1)n1c4cc5ccccc5cc4nc1n3c1nc3cc4ccccc4cc3n21.N#Cc1cc2c3c(c1)n1c4cc5ccccc5cc4nc1n3c1nc3cc4ccccc4cc3n21.c1ccc([Si](c2ccccc2)(c2ccccc2)c2cc3c4c(c2)n2c5cc6ccccc6cc5nc2n4c2nc4cc5ccccc5cc4n32)cc1. The van der Waals surface area contributed by atoms with Crippen molar-refractivity contribution >= 4 is 244 Å². The first-order chi connectivity index (χ1) is 59.8. The number of hydrogen-bond acceptors (Lipinski definition) is 7. The van der Waals surface area contributed by atoms with Gasteiger partial charge in [-0.15, -0.1) is 0 Å². The van der Waals surface area contributed by atoms with Gasteiger partial charge in [-0.2, -0.15) is 5.26 Å². The minimum Gasteiger partial charge on any atom is -0.276 e. The number of benzene rings is 18. The van der Waals surface area contributed by atoms with Gasteiger partial charge in [-0.3, -0.25) is 26.4 Å². The Morgan fingerprint density at radius 2 is 0.405 bits per heavy atom. The fourth-order valence-electron chi connectivity index (χ4n) is 20.7. The molecule has 0 bridgehead atoms. The normalized spacial score (nSPS) is 12.7. The highest BCUT2D eigenvalue weighted by atomic mass is 28.3. The Morgan fingerprint density at radius 1 is 0.207 bits per heavy atom. The molecule has 18 aromatic carbocycles. The van der Waals surface area contributed by atoms with Crippen LogP contribution in [-0.2, 0) is 0 Å². The van der Waals surface area contributed by atoms with Crippen molar-refractivity contribution in [2.24, 2.45) is 0 Å². The summed E-state index contributed by atoms with van der Waals surface area (Å²) in [6.45, 7) is 2.17. The first-order valence-electron chi connectivity index (χ1n) is 40.8. The van der Waals surface area contributed by atoms with Gasteiger partial charge in [0.2, 0.25) is 34.7 Å². The summed E-state index contributed by atoms with van der Waals surface area (Å²) in [4.78, 5) is 31.2. The van der Waals surface area contributed by atoms with E-state index in [0.717, 1.165) is 156 Å². The fraction of sp³-hybridized carbons (Fsp3) is 0.00962. The van der Waals surface area contributed by atoms with Crippen LogP contribution in [0.5, 0.6) is 0 Å². The van der Waals surface area contributed by atoms with Crippen LogP contribution in [0.25, 0.3) is 215 Å². The monoisotopic (exact) mass is 1560 g/mol. The van der Waals surface area contributed by atoms with E-state index in [0.29, 0.717) is 5.56 Å². The number of nitrogens with zero attached hydrogens (tertiary/aromatic N) is 16. The summed E-state index contributed by atoms with van der Waals surface area (Å²) in [6.07, 6.45) is 0. The summed E-state index contributed by atoms with van der Waals surface area (Å²) < 4.78 is 20.4. The van der Waals surface area contributed by atoms with Crippen LogP contribution in [0.2, 0.25) is 0 Å².